The second kappa shape index (κ2) is 4.16. The van der Waals surface area contributed by atoms with E-state index in [0.29, 0.717) is 0 Å². The summed E-state index contributed by atoms with van der Waals surface area (Å²) in [6.07, 6.45) is 5.69. The molecule has 0 saturated heterocycles. The molecule has 0 N–H and O–H groups in total. The summed E-state index contributed by atoms with van der Waals surface area (Å²) in [6.45, 7) is 2.01. The van der Waals surface area contributed by atoms with E-state index >= 15 is 0 Å². The van der Waals surface area contributed by atoms with Crippen LogP contribution in [-0.4, -0.2) is 14.6 Å². The molecule has 1 aromatic carbocycles. The van der Waals surface area contributed by atoms with Crippen LogP contribution in [0.15, 0.2) is 42.7 Å². The van der Waals surface area contributed by atoms with Crippen LogP contribution in [0.3, 0.4) is 0 Å². The second-order valence-corrected chi connectivity index (χ2v) is 5.68. The molecule has 1 aliphatic rings. The van der Waals surface area contributed by atoms with E-state index in [1.807, 2.05) is 25.4 Å². The van der Waals surface area contributed by atoms with Crippen molar-refractivity contribution in [3.8, 4) is 17.3 Å². The van der Waals surface area contributed by atoms with Crippen molar-refractivity contribution in [2.75, 3.05) is 0 Å². The number of hydrogen-bond donors (Lipinski definition) is 0. The van der Waals surface area contributed by atoms with Crippen LogP contribution in [0.2, 0.25) is 0 Å². The van der Waals surface area contributed by atoms with Gasteiger partial charge in [-0.25, -0.2) is 9.50 Å². The maximum Gasteiger partial charge on any atom is 0.158 e. The maximum absolute atomic E-state index is 9.25. The highest BCUT2D eigenvalue weighted by molar-refractivity contribution is 5.63. The molecule has 4 nitrogen and oxygen atoms in total. The van der Waals surface area contributed by atoms with Crippen molar-refractivity contribution in [1.29, 1.82) is 5.26 Å². The monoisotopic (exact) mass is 274 g/mol. The summed E-state index contributed by atoms with van der Waals surface area (Å²) in [5.41, 5.74) is 4.84. The first-order valence-electron chi connectivity index (χ1n) is 7.05. The first-order valence-corrected chi connectivity index (χ1v) is 7.05. The van der Waals surface area contributed by atoms with Crippen molar-refractivity contribution in [3.05, 3.63) is 53.9 Å². The highest BCUT2D eigenvalue weighted by Gasteiger charge is 2.44. The SMILES string of the molecule is Cc1cnn2ccc(-c3ccc(C4(C#N)CC4)cc3)nc12. The van der Waals surface area contributed by atoms with Crippen molar-refractivity contribution < 1.29 is 0 Å². The van der Waals surface area contributed by atoms with Gasteiger partial charge in [-0.05, 0) is 31.4 Å². The largest absolute Gasteiger partial charge is 0.228 e. The molecule has 3 aromatic rings. The summed E-state index contributed by atoms with van der Waals surface area (Å²) < 4.78 is 1.78. The first-order chi connectivity index (χ1) is 10.2. The van der Waals surface area contributed by atoms with Gasteiger partial charge in [0.1, 0.15) is 0 Å². The second-order valence-electron chi connectivity index (χ2n) is 5.68. The molecule has 21 heavy (non-hydrogen) atoms. The number of nitrogens with zero attached hydrogens (tertiary/aromatic N) is 4. The minimum Gasteiger partial charge on any atom is -0.228 e. The maximum atomic E-state index is 9.25. The number of aryl methyl sites for hydroxylation is 1. The predicted molar refractivity (Wildman–Crippen MR) is 79.7 cm³/mol. The van der Waals surface area contributed by atoms with Crippen LogP contribution in [0.5, 0.6) is 0 Å². The number of hydrogen-bond acceptors (Lipinski definition) is 3. The molecule has 0 unspecified atom stereocenters. The van der Waals surface area contributed by atoms with Crippen LogP contribution in [0, 0.1) is 18.3 Å². The Morgan fingerprint density at radius 1 is 1.19 bits per heavy atom. The third kappa shape index (κ3) is 1.82. The number of rotatable bonds is 2. The number of aromatic nitrogens is 3. The summed E-state index contributed by atoms with van der Waals surface area (Å²) >= 11 is 0. The highest BCUT2D eigenvalue weighted by atomic mass is 15.2. The molecule has 2 aromatic heterocycles. The lowest BCUT2D eigenvalue weighted by Crippen LogP contribution is -2.01. The standard InChI is InChI=1S/C17H14N4/c1-12-10-19-21-9-6-15(20-16(12)21)13-2-4-14(5-3-13)17(11-18)7-8-17/h2-6,9-10H,7-8H2,1H3. The van der Waals surface area contributed by atoms with Gasteiger partial charge < -0.3 is 0 Å². The average Bonchev–Trinajstić information content (AvgIpc) is 3.26. The van der Waals surface area contributed by atoms with Crippen LogP contribution < -0.4 is 0 Å². The van der Waals surface area contributed by atoms with Crippen LogP contribution >= 0.6 is 0 Å². The van der Waals surface area contributed by atoms with Gasteiger partial charge >= 0.3 is 0 Å². The number of nitriles is 1. The smallest absolute Gasteiger partial charge is 0.158 e. The normalized spacial score (nSPS) is 15.8. The molecule has 1 aliphatic carbocycles. The summed E-state index contributed by atoms with van der Waals surface area (Å²) in [5, 5.41) is 13.5. The molecule has 0 amide bonds. The highest BCUT2D eigenvalue weighted by Crippen LogP contribution is 2.47. The van der Waals surface area contributed by atoms with Crippen LogP contribution in [0.25, 0.3) is 16.9 Å². The molecule has 0 bridgehead atoms. The summed E-state index contributed by atoms with van der Waals surface area (Å²) in [6, 6.07) is 12.6. The minimum atomic E-state index is -0.224. The van der Waals surface area contributed by atoms with Crippen molar-refractivity contribution in [2.45, 2.75) is 25.2 Å². The van der Waals surface area contributed by atoms with Crippen LogP contribution in [0.4, 0.5) is 0 Å². The van der Waals surface area contributed by atoms with E-state index in [1.165, 1.54) is 0 Å². The molecule has 102 valence electrons. The fraction of sp³-hybridized carbons (Fsp3) is 0.235. The summed E-state index contributed by atoms with van der Waals surface area (Å²) in [7, 11) is 0. The third-order valence-electron chi connectivity index (χ3n) is 4.24. The van der Waals surface area contributed by atoms with E-state index in [0.717, 1.165) is 40.9 Å². The van der Waals surface area contributed by atoms with E-state index in [2.05, 4.69) is 40.4 Å². The number of fused-ring (bicyclic) bond motifs is 1. The summed E-state index contributed by atoms with van der Waals surface area (Å²) in [4.78, 5) is 4.67. The van der Waals surface area contributed by atoms with Crippen molar-refractivity contribution in [3.63, 3.8) is 0 Å². The van der Waals surface area contributed by atoms with Crippen LogP contribution in [0.1, 0.15) is 24.0 Å². The fourth-order valence-corrected chi connectivity index (χ4v) is 2.69. The molecule has 0 spiro atoms. The van der Waals surface area contributed by atoms with Gasteiger partial charge in [0.25, 0.3) is 0 Å². The molecule has 0 aliphatic heterocycles. The molecular weight excluding hydrogens is 260 g/mol. The van der Waals surface area contributed by atoms with Crippen molar-refractivity contribution in [2.24, 2.45) is 0 Å². The zero-order valence-electron chi connectivity index (χ0n) is 11.7. The molecular formula is C17H14N4. The summed E-state index contributed by atoms with van der Waals surface area (Å²) in [5.74, 6) is 0. The Labute approximate surface area is 122 Å². The Morgan fingerprint density at radius 3 is 2.62 bits per heavy atom. The number of benzene rings is 1. The molecule has 1 saturated carbocycles. The third-order valence-corrected chi connectivity index (χ3v) is 4.24. The Hall–Kier alpha value is -2.67. The molecule has 4 heteroatoms. The molecule has 4 rings (SSSR count). The Bertz CT molecular complexity index is 864. The van der Waals surface area contributed by atoms with Gasteiger partial charge in [-0.15, -0.1) is 0 Å². The quantitative estimate of drug-likeness (QED) is 0.720. The lowest BCUT2D eigenvalue weighted by atomic mass is 9.96. The van der Waals surface area contributed by atoms with Crippen molar-refractivity contribution >= 4 is 5.65 Å². The van der Waals surface area contributed by atoms with Gasteiger partial charge in [-0.3, -0.25) is 0 Å². The average molecular weight is 274 g/mol. The van der Waals surface area contributed by atoms with E-state index in [9.17, 15) is 5.26 Å². The molecule has 2 heterocycles. The Morgan fingerprint density at radius 2 is 1.95 bits per heavy atom. The zero-order chi connectivity index (χ0) is 14.4. The fourth-order valence-electron chi connectivity index (χ4n) is 2.69. The lowest BCUT2D eigenvalue weighted by Gasteiger charge is -2.07. The van der Waals surface area contributed by atoms with Gasteiger partial charge in [-0.2, -0.15) is 10.4 Å². The first kappa shape index (κ1) is 12.1. The van der Waals surface area contributed by atoms with E-state index in [-0.39, 0.29) is 5.41 Å². The van der Waals surface area contributed by atoms with Gasteiger partial charge in [0.15, 0.2) is 5.65 Å². The lowest BCUT2D eigenvalue weighted by molar-refractivity contribution is 0.908. The van der Waals surface area contributed by atoms with Crippen LogP contribution in [-0.2, 0) is 5.41 Å². The molecule has 1 fully saturated rings. The van der Waals surface area contributed by atoms with Gasteiger partial charge in [-0.1, -0.05) is 24.3 Å². The predicted octanol–water partition coefficient (Wildman–Crippen LogP) is 3.26. The van der Waals surface area contributed by atoms with Gasteiger partial charge in [0.2, 0.25) is 0 Å². The molecule has 0 radical (unpaired) electrons. The van der Waals surface area contributed by atoms with E-state index < -0.39 is 0 Å². The topological polar surface area (TPSA) is 54.0 Å². The van der Waals surface area contributed by atoms with E-state index in [1.54, 1.807) is 4.52 Å². The van der Waals surface area contributed by atoms with Crippen molar-refractivity contribution in [1.82, 2.24) is 14.6 Å². The molecule has 0 atom stereocenters. The Kier molecular flexibility index (Phi) is 2.40. The van der Waals surface area contributed by atoms with Gasteiger partial charge in [0.05, 0.1) is 23.4 Å². The minimum absolute atomic E-state index is 0.224. The zero-order valence-corrected chi connectivity index (χ0v) is 11.7. The van der Waals surface area contributed by atoms with Gasteiger partial charge in [0, 0.05) is 17.3 Å². The van der Waals surface area contributed by atoms with E-state index in [4.69, 9.17) is 0 Å². The Balaban J connectivity index is 1.75.